The molecule has 2 aromatic rings. The summed E-state index contributed by atoms with van der Waals surface area (Å²) in [4.78, 5) is 24.9. The van der Waals surface area contributed by atoms with E-state index in [1.165, 1.54) is 17.3 Å². The Hall–Kier alpha value is -2.65. The lowest BCUT2D eigenvalue weighted by Crippen LogP contribution is -2.32. The van der Waals surface area contributed by atoms with Crippen molar-refractivity contribution in [1.29, 1.82) is 0 Å². The van der Waals surface area contributed by atoms with E-state index in [0.29, 0.717) is 24.3 Å². The van der Waals surface area contributed by atoms with E-state index in [4.69, 9.17) is 4.42 Å². The first-order valence-electron chi connectivity index (χ1n) is 10.7. The first-order chi connectivity index (χ1) is 14.8. The number of hydrogen-bond donors (Lipinski definition) is 2. The van der Waals surface area contributed by atoms with Crippen LogP contribution in [0.5, 0.6) is 0 Å². The quantitative estimate of drug-likeness (QED) is 0.709. The molecule has 0 unspecified atom stereocenters. The molecule has 2 aliphatic rings. The number of amides is 2. The normalized spacial score (nSPS) is 17.7. The van der Waals surface area contributed by atoms with E-state index >= 15 is 0 Å². The maximum atomic E-state index is 12.8. The Morgan fingerprint density at radius 1 is 1.00 bits per heavy atom. The molecular weight excluding hydrogens is 418 g/mol. The zero-order chi connectivity index (χ0) is 22.0. The van der Waals surface area contributed by atoms with Gasteiger partial charge in [-0.2, -0.15) is 4.31 Å². The number of hydrogen-bond acceptors (Lipinski definition) is 5. The van der Waals surface area contributed by atoms with Crippen LogP contribution in [-0.4, -0.2) is 43.7 Å². The van der Waals surface area contributed by atoms with Gasteiger partial charge < -0.3 is 15.1 Å². The van der Waals surface area contributed by atoms with Crippen LogP contribution < -0.4 is 10.6 Å². The van der Waals surface area contributed by atoms with Crippen molar-refractivity contribution in [3.8, 4) is 0 Å². The van der Waals surface area contributed by atoms with Crippen molar-refractivity contribution in [2.45, 2.75) is 56.4 Å². The monoisotopic (exact) mass is 445 g/mol. The van der Waals surface area contributed by atoms with Gasteiger partial charge in [0.1, 0.15) is 10.7 Å². The minimum Gasteiger partial charge on any atom is -0.455 e. The number of furan rings is 1. The fraction of sp³-hybridized carbons (Fsp3) is 0.455. The van der Waals surface area contributed by atoms with Crippen molar-refractivity contribution >= 4 is 27.5 Å². The molecule has 0 atom stereocenters. The summed E-state index contributed by atoms with van der Waals surface area (Å²) in [5.74, 6) is -0.549. The van der Waals surface area contributed by atoms with Crippen LogP contribution in [0.4, 0.5) is 5.69 Å². The molecule has 1 saturated carbocycles. The van der Waals surface area contributed by atoms with Crippen molar-refractivity contribution in [1.82, 2.24) is 9.62 Å². The summed E-state index contributed by atoms with van der Waals surface area (Å²) in [5, 5.41) is 5.71. The van der Waals surface area contributed by atoms with Crippen LogP contribution in [0, 0.1) is 6.92 Å². The summed E-state index contributed by atoms with van der Waals surface area (Å²) < 4.78 is 32.4. The van der Waals surface area contributed by atoms with Gasteiger partial charge in [-0.3, -0.25) is 9.59 Å². The van der Waals surface area contributed by atoms with Crippen LogP contribution in [0.3, 0.4) is 0 Å². The molecule has 166 valence electrons. The van der Waals surface area contributed by atoms with E-state index in [1.54, 1.807) is 24.3 Å². The molecule has 1 aromatic heterocycles. The lowest BCUT2D eigenvalue weighted by atomic mass is 10.1. The van der Waals surface area contributed by atoms with Crippen LogP contribution in [-0.2, 0) is 10.0 Å². The van der Waals surface area contributed by atoms with Gasteiger partial charge in [-0.25, -0.2) is 8.42 Å². The fourth-order valence-corrected chi connectivity index (χ4v) is 5.82. The van der Waals surface area contributed by atoms with E-state index in [-0.39, 0.29) is 28.4 Å². The minimum atomic E-state index is -3.67. The van der Waals surface area contributed by atoms with E-state index in [9.17, 15) is 18.0 Å². The van der Waals surface area contributed by atoms with Gasteiger partial charge >= 0.3 is 0 Å². The topological polar surface area (TPSA) is 109 Å². The maximum Gasteiger partial charge on any atom is 0.291 e. The van der Waals surface area contributed by atoms with Crippen molar-refractivity contribution in [2.24, 2.45) is 0 Å². The maximum absolute atomic E-state index is 12.8. The lowest BCUT2D eigenvalue weighted by Gasteiger charge is -2.14. The van der Waals surface area contributed by atoms with Gasteiger partial charge in [-0.1, -0.05) is 12.8 Å². The third-order valence-electron chi connectivity index (χ3n) is 5.87. The van der Waals surface area contributed by atoms with Gasteiger partial charge in [0.05, 0.1) is 0 Å². The molecule has 2 amide bonds. The summed E-state index contributed by atoms with van der Waals surface area (Å²) in [7, 11) is -3.67. The number of aryl methyl sites for hydroxylation is 1. The molecule has 4 rings (SSSR count). The Balaban J connectivity index is 1.42. The molecule has 0 radical (unpaired) electrons. The number of carbonyl (C=O) groups excluding carboxylic acids is 2. The Labute approximate surface area is 182 Å². The van der Waals surface area contributed by atoms with Crippen LogP contribution in [0.15, 0.2) is 39.6 Å². The molecule has 9 heteroatoms. The molecule has 2 fully saturated rings. The molecule has 8 nitrogen and oxygen atoms in total. The van der Waals surface area contributed by atoms with Gasteiger partial charge in [0.2, 0.25) is 10.0 Å². The second-order valence-corrected chi connectivity index (χ2v) is 10.0. The number of benzene rings is 1. The molecule has 1 aliphatic heterocycles. The van der Waals surface area contributed by atoms with E-state index in [1.807, 2.05) is 0 Å². The number of anilines is 1. The highest BCUT2D eigenvalue weighted by atomic mass is 32.2. The summed E-state index contributed by atoms with van der Waals surface area (Å²) in [6.07, 6.45) is 5.97. The summed E-state index contributed by atoms with van der Waals surface area (Å²) in [6, 6.07) is 8.09. The predicted octanol–water partition coefficient (Wildman–Crippen LogP) is 3.30. The largest absolute Gasteiger partial charge is 0.455 e. The van der Waals surface area contributed by atoms with Gasteiger partial charge in [0.25, 0.3) is 11.8 Å². The fourth-order valence-electron chi connectivity index (χ4n) is 4.14. The van der Waals surface area contributed by atoms with Crippen molar-refractivity contribution < 1.29 is 22.4 Å². The molecule has 2 N–H and O–H groups in total. The minimum absolute atomic E-state index is 0.0264. The Kier molecular flexibility index (Phi) is 6.15. The molecule has 2 heterocycles. The van der Waals surface area contributed by atoms with Gasteiger partial charge in [-0.15, -0.1) is 0 Å². The molecule has 31 heavy (non-hydrogen) atoms. The first kappa shape index (κ1) is 21.6. The molecule has 0 bridgehead atoms. The average molecular weight is 446 g/mol. The van der Waals surface area contributed by atoms with Crippen LogP contribution in [0.2, 0.25) is 0 Å². The third-order valence-corrected chi connectivity index (χ3v) is 7.88. The first-order valence-corrected chi connectivity index (χ1v) is 12.1. The van der Waals surface area contributed by atoms with Crippen molar-refractivity contribution in [3.05, 3.63) is 47.4 Å². The van der Waals surface area contributed by atoms with Crippen LogP contribution in [0.1, 0.15) is 65.2 Å². The molecular formula is C22H27N3O5S. The molecule has 1 aliphatic carbocycles. The smallest absolute Gasteiger partial charge is 0.291 e. The number of nitrogens with one attached hydrogen (secondary N) is 2. The number of carbonyl (C=O) groups is 2. The molecule has 1 aromatic carbocycles. The van der Waals surface area contributed by atoms with Crippen molar-refractivity contribution in [2.75, 3.05) is 18.4 Å². The van der Waals surface area contributed by atoms with Crippen LogP contribution in [0.25, 0.3) is 0 Å². The lowest BCUT2D eigenvalue weighted by molar-refractivity contribution is 0.0937. The Bertz CT molecular complexity index is 1060. The highest BCUT2D eigenvalue weighted by molar-refractivity contribution is 7.89. The van der Waals surface area contributed by atoms with Crippen molar-refractivity contribution in [3.63, 3.8) is 0 Å². The van der Waals surface area contributed by atoms with Crippen LogP contribution >= 0.6 is 0 Å². The SMILES string of the molecule is Cc1oc(C(=O)Nc2ccc(C(=O)NC3CCCC3)cc2)cc1S(=O)(=O)N1CCCC1. The molecule has 1 saturated heterocycles. The second kappa shape index (κ2) is 8.84. The Morgan fingerprint density at radius 3 is 2.29 bits per heavy atom. The van der Waals surface area contributed by atoms with Gasteiger partial charge in [0.15, 0.2) is 5.76 Å². The number of sulfonamides is 1. The van der Waals surface area contributed by atoms with E-state index in [2.05, 4.69) is 10.6 Å². The van der Waals surface area contributed by atoms with E-state index in [0.717, 1.165) is 38.5 Å². The van der Waals surface area contributed by atoms with Gasteiger partial charge in [-0.05, 0) is 56.9 Å². The third kappa shape index (κ3) is 4.67. The summed E-state index contributed by atoms with van der Waals surface area (Å²) in [5.41, 5.74) is 1.01. The predicted molar refractivity (Wildman–Crippen MR) is 116 cm³/mol. The summed E-state index contributed by atoms with van der Waals surface area (Å²) in [6.45, 7) is 2.50. The van der Waals surface area contributed by atoms with Gasteiger partial charge in [0, 0.05) is 36.4 Å². The molecule has 0 spiro atoms. The second-order valence-electron chi connectivity index (χ2n) is 8.13. The highest BCUT2D eigenvalue weighted by Crippen LogP contribution is 2.27. The van der Waals surface area contributed by atoms with E-state index < -0.39 is 15.9 Å². The zero-order valence-electron chi connectivity index (χ0n) is 17.5. The number of rotatable bonds is 6. The standard InChI is InChI=1S/C22H27N3O5S/c1-15-20(31(28,29)25-12-4-5-13-25)14-19(30-15)22(27)24-18-10-8-16(9-11-18)21(26)23-17-6-2-3-7-17/h8-11,14,17H,2-7,12-13H2,1H3,(H,23,26)(H,24,27). The number of nitrogens with zero attached hydrogens (tertiary/aromatic N) is 1. The zero-order valence-corrected chi connectivity index (χ0v) is 18.3. The highest BCUT2D eigenvalue weighted by Gasteiger charge is 2.31. The summed E-state index contributed by atoms with van der Waals surface area (Å²) >= 11 is 0. The Morgan fingerprint density at radius 2 is 1.65 bits per heavy atom. The average Bonchev–Trinajstić information content (AvgIpc) is 3.50.